The van der Waals surface area contributed by atoms with E-state index in [1.807, 2.05) is 51.1 Å². The Kier molecular flexibility index (Phi) is 5.32. The molecule has 0 amide bonds. The van der Waals surface area contributed by atoms with Crippen LogP contribution in [0, 0.1) is 13.8 Å². The number of thiophene rings is 1. The maximum Gasteiger partial charge on any atom is 0.263 e. The van der Waals surface area contributed by atoms with Gasteiger partial charge >= 0.3 is 0 Å². The zero-order chi connectivity index (χ0) is 19.7. The maximum absolute atomic E-state index is 13.3. The standard InChI is InChI=1S/C20H20N4O2S2/c1-4-15-21-16(26-23-15)11-27-20-22-18-17(12(2)13(3)28-18)19(25)24(20)10-14-8-6-5-7-9-14/h5-9H,4,10-11H2,1-3H3. The number of benzene rings is 1. The highest BCUT2D eigenvalue weighted by Crippen LogP contribution is 2.29. The average molecular weight is 413 g/mol. The predicted octanol–water partition coefficient (Wildman–Crippen LogP) is 4.36. The van der Waals surface area contributed by atoms with E-state index in [0.29, 0.717) is 34.6 Å². The fraction of sp³-hybridized carbons (Fsp3) is 0.300. The molecule has 3 heterocycles. The summed E-state index contributed by atoms with van der Waals surface area (Å²) in [6.45, 7) is 6.47. The maximum atomic E-state index is 13.3. The van der Waals surface area contributed by atoms with Gasteiger partial charge in [0.15, 0.2) is 11.0 Å². The first-order valence-electron chi connectivity index (χ1n) is 9.05. The van der Waals surface area contributed by atoms with Gasteiger partial charge < -0.3 is 4.52 Å². The summed E-state index contributed by atoms with van der Waals surface area (Å²) in [6, 6.07) is 9.95. The molecule has 144 valence electrons. The highest BCUT2D eigenvalue weighted by Gasteiger charge is 2.18. The van der Waals surface area contributed by atoms with E-state index in [2.05, 4.69) is 10.1 Å². The fourth-order valence-electron chi connectivity index (χ4n) is 2.94. The van der Waals surface area contributed by atoms with Crippen molar-refractivity contribution in [1.29, 1.82) is 0 Å². The molecule has 28 heavy (non-hydrogen) atoms. The Bertz CT molecular complexity index is 1180. The Morgan fingerprint density at radius 1 is 1.18 bits per heavy atom. The van der Waals surface area contributed by atoms with Gasteiger partial charge in [-0.15, -0.1) is 11.3 Å². The average Bonchev–Trinajstić information content (AvgIpc) is 3.28. The van der Waals surface area contributed by atoms with Crippen molar-refractivity contribution < 1.29 is 4.52 Å². The lowest BCUT2D eigenvalue weighted by Gasteiger charge is -2.11. The van der Waals surface area contributed by atoms with Crippen LogP contribution in [-0.2, 0) is 18.7 Å². The van der Waals surface area contributed by atoms with Crippen molar-refractivity contribution in [2.45, 2.75) is 44.6 Å². The van der Waals surface area contributed by atoms with Crippen LogP contribution in [0.15, 0.2) is 44.8 Å². The monoisotopic (exact) mass is 412 g/mol. The molecule has 4 rings (SSSR count). The molecule has 6 nitrogen and oxygen atoms in total. The van der Waals surface area contributed by atoms with E-state index in [4.69, 9.17) is 9.51 Å². The third kappa shape index (κ3) is 3.62. The zero-order valence-electron chi connectivity index (χ0n) is 15.9. The molecule has 0 bridgehead atoms. The molecule has 0 spiro atoms. The number of fused-ring (bicyclic) bond motifs is 1. The van der Waals surface area contributed by atoms with Crippen LogP contribution in [0.4, 0.5) is 0 Å². The van der Waals surface area contributed by atoms with Gasteiger partial charge in [0, 0.05) is 11.3 Å². The molecule has 0 unspecified atom stereocenters. The van der Waals surface area contributed by atoms with Gasteiger partial charge in [-0.1, -0.05) is 54.2 Å². The lowest BCUT2D eigenvalue weighted by atomic mass is 10.2. The molecule has 0 saturated carbocycles. The zero-order valence-corrected chi connectivity index (χ0v) is 17.6. The molecule has 0 saturated heterocycles. The van der Waals surface area contributed by atoms with Crippen molar-refractivity contribution in [3.05, 3.63) is 68.4 Å². The number of aromatic nitrogens is 4. The first kappa shape index (κ1) is 18.9. The van der Waals surface area contributed by atoms with Crippen LogP contribution in [0.5, 0.6) is 0 Å². The number of nitrogens with zero attached hydrogens (tertiary/aromatic N) is 4. The van der Waals surface area contributed by atoms with Gasteiger partial charge in [-0.25, -0.2) is 4.98 Å². The van der Waals surface area contributed by atoms with Crippen molar-refractivity contribution in [1.82, 2.24) is 19.7 Å². The van der Waals surface area contributed by atoms with Gasteiger partial charge in [-0.2, -0.15) is 4.98 Å². The summed E-state index contributed by atoms with van der Waals surface area (Å²) in [5.41, 5.74) is 2.07. The second kappa shape index (κ2) is 7.89. The Labute approximate surface area is 170 Å². The van der Waals surface area contributed by atoms with E-state index < -0.39 is 0 Å². The third-order valence-corrected chi connectivity index (χ3v) is 6.65. The molecule has 4 aromatic rings. The first-order chi connectivity index (χ1) is 13.6. The minimum absolute atomic E-state index is 0.00187. The van der Waals surface area contributed by atoms with Gasteiger partial charge in [0.25, 0.3) is 5.56 Å². The van der Waals surface area contributed by atoms with Gasteiger partial charge in [-0.3, -0.25) is 9.36 Å². The molecule has 0 fully saturated rings. The topological polar surface area (TPSA) is 73.8 Å². The molecule has 0 atom stereocenters. The number of hydrogen-bond donors (Lipinski definition) is 0. The van der Waals surface area contributed by atoms with Crippen molar-refractivity contribution in [3.63, 3.8) is 0 Å². The molecule has 0 aliphatic rings. The quantitative estimate of drug-likeness (QED) is 0.346. The lowest BCUT2D eigenvalue weighted by molar-refractivity contribution is 0.385. The van der Waals surface area contributed by atoms with E-state index in [-0.39, 0.29) is 5.56 Å². The molecule has 1 aromatic carbocycles. The first-order valence-corrected chi connectivity index (χ1v) is 10.9. The van der Waals surface area contributed by atoms with Gasteiger partial charge in [0.1, 0.15) is 4.83 Å². The van der Waals surface area contributed by atoms with Crippen LogP contribution in [0.1, 0.15) is 34.6 Å². The van der Waals surface area contributed by atoms with Crippen LogP contribution < -0.4 is 5.56 Å². The van der Waals surface area contributed by atoms with E-state index >= 15 is 0 Å². The van der Waals surface area contributed by atoms with Crippen LogP contribution >= 0.6 is 23.1 Å². The van der Waals surface area contributed by atoms with Gasteiger partial charge in [0.2, 0.25) is 5.89 Å². The van der Waals surface area contributed by atoms with E-state index in [0.717, 1.165) is 27.3 Å². The fourth-order valence-corrected chi connectivity index (χ4v) is 4.85. The second-order valence-corrected chi connectivity index (χ2v) is 8.63. The smallest absolute Gasteiger partial charge is 0.263 e. The highest BCUT2D eigenvalue weighted by atomic mass is 32.2. The van der Waals surface area contributed by atoms with Gasteiger partial charge in [-0.05, 0) is 25.0 Å². The van der Waals surface area contributed by atoms with Crippen LogP contribution in [0.2, 0.25) is 0 Å². The van der Waals surface area contributed by atoms with E-state index in [1.54, 1.807) is 15.9 Å². The number of aryl methyl sites for hydroxylation is 3. The Morgan fingerprint density at radius 3 is 2.68 bits per heavy atom. The molecular weight excluding hydrogens is 392 g/mol. The Balaban J connectivity index is 1.76. The summed E-state index contributed by atoms with van der Waals surface area (Å²) in [7, 11) is 0. The Hall–Kier alpha value is -2.45. The van der Waals surface area contributed by atoms with Crippen molar-refractivity contribution >= 4 is 33.3 Å². The molecule has 0 aliphatic carbocycles. The molecule has 0 aliphatic heterocycles. The van der Waals surface area contributed by atoms with Crippen LogP contribution in [0.3, 0.4) is 0 Å². The molecule has 0 N–H and O–H groups in total. The minimum atomic E-state index is -0.00187. The summed E-state index contributed by atoms with van der Waals surface area (Å²) in [5, 5.41) is 5.32. The molecule has 0 radical (unpaired) electrons. The molecule has 8 heteroatoms. The number of rotatable bonds is 6. The van der Waals surface area contributed by atoms with E-state index in [9.17, 15) is 4.79 Å². The largest absolute Gasteiger partial charge is 0.338 e. The lowest BCUT2D eigenvalue weighted by Crippen LogP contribution is -2.24. The summed E-state index contributed by atoms with van der Waals surface area (Å²) in [5.74, 6) is 1.70. The van der Waals surface area contributed by atoms with E-state index in [1.165, 1.54) is 11.8 Å². The summed E-state index contributed by atoms with van der Waals surface area (Å²) >= 11 is 3.01. The van der Waals surface area contributed by atoms with Crippen molar-refractivity contribution in [2.24, 2.45) is 0 Å². The molecular formula is C20H20N4O2S2. The summed E-state index contributed by atoms with van der Waals surface area (Å²) in [6.07, 6.45) is 0.727. The Morgan fingerprint density at radius 2 is 1.96 bits per heavy atom. The SMILES string of the molecule is CCc1noc(CSc2nc3sc(C)c(C)c3c(=O)n2Cc2ccccc2)n1. The number of thioether (sulfide) groups is 1. The second-order valence-electron chi connectivity index (χ2n) is 6.48. The van der Waals surface area contributed by atoms with Crippen LogP contribution in [0.25, 0.3) is 10.2 Å². The minimum Gasteiger partial charge on any atom is -0.338 e. The van der Waals surface area contributed by atoms with Crippen molar-refractivity contribution in [3.8, 4) is 0 Å². The predicted molar refractivity (Wildman–Crippen MR) is 112 cm³/mol. The summed E-state index contributed by atoms with van der Waals surface area (Å²) < 4.78 is 7.03. The molecule has 3 aromatic heterocycles. The van der Waals surface area contributed by atoms with Crippen molar-refractivity contribution in [2.75, 3.05) is 0 Å². The van der Waals surface area contributed by atoms with Crippen LogP contribution in [-0.4, -0.2) is 19.7 Å². The third-order valence-electron chi connectivity index (χ3n) is 4.59. The highest BCUT2D eigenvalue weighted by molar-refractivity contribution is 7.98. The summed E-state index contributed by atoms with van der Waals surface area (Å²) in [4.78, 5) is 24.4. The van der Waals surface area contributed by atoms with Gasteiger partial charge in [0.05, 0.1) is 17.7 Å². The normalized spacial score (nSPS) is 11.4. The number of hydrogen-bond acceptors (Lipinski definition) is 7.